The summed E-state index contributed by atoms with van der Waals surface area (Å²) in [6, 6.07) is 9.94. The zero-order valence-corrected chi connectivity index (χ0v) is 12.0. The van der Waals surface area contributed by atoms with Gasteiger partial charge in [0.15, 0.2) is 0 Å². The molecule has 2 N–H and O–H groups in total. The van der Waals surface area contributed by atoms with E-state index in [4.69, 9.17) is 0 Å². The van der Waals surface area contributed by atoms with E-state index < -0.39 is 0 Å². The topological polar surface area (TPSA) is 44.4 Å². The van der Waals surface area contributed by atoms with Crippen LogP contribution < -0.4 is 10.6 Å². The molecule has 4 nitrogen and oxygen atoms in total. The van der Waals surface area contributed by atoms with Gasteiger partial charge in [-0.15, -0.1) is 0 Å². The lowest BCUT2D eigenvalue weighted by Crippen LogP contribution is -2.34. The van der Waals surface area contributed by atoms with Gasteiger partial charge in [0, 0.05) is 6.54 Å². The van der Waals surface area contributed by atoms with E-state index >= 15 is 0 Å². The van der Waals surface area contributed by atoms with Gasteiger partial charge in [-0.2, -0.15) is 0 Å². The van der Waals surface area contributed by atoms with Gasteiger partial charge in [0.2, 0.25) is 5.91 Å². The zero-order valence-electron chi connectivity index (χ0n) is 12.0. The maximum absolute atomic E-state index is 11.6. The van der Waals surface area contributed by atoms with Crippen molar-refractivity contribution in [2.45, 2.75) is 19.4 Å². The molecule has 106 valence electrons. The molecule has 1 aromatic carbocycles. The highest BCUT2D eigenvalue weighted by molar-refractivity contribution is 5.77. The van der Waals surface area contributed by atoms with E-state index in [0.29, 0.717) is 13.1 Å². The van der Waals surface area contributed by atoms with E-state index in [0.717, 1.165) is 31.5 Å². The summed E-state index contributed by atoms with van der Waals surface area (Å²) in [5.41, 5.74) is 1.13. The Balaban J connectivity index is 1.99. The number of nitrogens with zero attached hydrogens (tertiary/aromatic N) is 1. The quantitative estimate of drug-likeness (QED) is 0.659. The van der Waals surface area contributed by atoms with Gasteiger partial charge in [0.25, 0.3) is 0 Å². The molecule has 0 aliphatic rings. The highest BCUT2D eigenvalue weighted by Crippen LogP contribution is 1.96. The first-order valence-corrected chi connectivity index (χ1v) is 6.84. The SMILES string of the molecule is CN(C)CCCCNCC(=O)NCc1ccccc1. The van der Waals surface area contributed by atoms with Crippen molar-refractivity contribution >= 4 is 5.91 Å². The van der Waals surface area contributed by atoms with Crippen LogP contribution in [0.1, 0.15) is 18.4 Å². The van der Waals surface area contributed by atoms with Crippen LogP contribution >= 0.6 is 0 Å². The second-order valence-electron chi connectivity index (χ2n) is 4.95. The Morgan fingerprint density at radius 2 is 1.89 bits per heavy atom. The van der Waals surface area contributed by atoms with Gasteiger partial charge in [-0.25, -0.2) is 0 Å². The summed E-state index contributed by atoms with van der Waals surface area (Å²) in [6.07, 6.45) is 2.26. The van der Waals surface area contributed by atoms with Crippen LogP contribution in [0.2, 0.25) is 0 Å². The fraction of sp³-hybridized carbons (Fsp3) is 0.533. The Bertz CT molecular complexity index is 352. The van der Waals surface area contributed by atoms with Crippen LogP contribution in [-0.4, -0.2) is 44.5 Å². The van der Waals surface area contributed by atoms with E-state index in [9.17, 15) is 4.79 Å². The minimum Gasteiger partial charge on any atom is -0.351 e. The molecule has 0 spiro atoms. The number of hydrogen-bond acceptors (Lipinski definition) is 3. The lowest BCUT2D eigenvalue weighted by Gasteiger charge is -2.09. The van der Waals surface area contributed by atoms with Crippen molar-refractivity contribution in [3.05, 3.63) is 35.9 Å². The van der Waals surface area contributed by atoms with Gasteiger partial charge in [-0.1, -0.05) is 30.3 Å². The first-order valence-electron chi connectivity index (χ1n) is 6.84. The fourth-order valence-corrected chi connectivity index (χ4v) is 1.74. The van der Waals surface area contributed by atoms with Crippen LogP contribution in [-0.2, 0) is 11.3 Å². The van der Waals surface area contributed by atoms with Crippen LogP contribution in [0.15, 0.2) is 30.3 Å². The molecule has 0 aliphatic heterocycles. The second-order valence-corrected chi connectivity index (χ2v) is 4.95. The van der Waals surface area contributed by atoms with Gasteiger partial charge >= 0.3 is 0 Å². The molecule has 0 aliphatic carbocycles. The molecule has 1 amide bonds. The van der Waals surface area contributed by atoms with Crippen molar-refractivity contribution in [2.75, 3.05) is 33.7 Å². The average Bonchev–Trinajstić information content (AvgIpc) is 2.41. The monoisotopic (exact) mass is 263 g/mol. The molecule has 0 heterocycles. The van der Waals surface area contributed by atoms with Crippen molar-refractivity contribution in [1.29, 1.82) is 0 Å². The summed E-state index contributed by atoms with van der Waals surface area (Å²) in [6.45, 7) is 2.99. The summed E-state index contributed by atoms with van der Waals surface area (Å²) in [5, 5.41) is 6.06. The Labute approximate surface area is 116 Å². The molecule has 0 aromatic heterocycles. The molecular formula is C15H25N3O. The van der Waals surface area contributed by atoms with E-state index in [2.05, 4.69) is 29.6 Å². The van der Waals surface area contributed by atoms with E-state index in [-0.39, 0.29) is 5.91 Å². The molecule has 0 atom stereocenters. The normalized spacial score (nSPS) is 10.7. The van der Waals surface area contributed by atoms with E-state index in [1.807, 2.05) is 30.3 Å². The number of amides is 1. The van der Waals surface area contributed by atoms with Crippen molar-refractivity contribution in [2.24, 2.45) is 0 Å². The summed E-state index contributed by atoms with van der Waals surface area (Å²) in [7, 11) is 4.15. The molecule has 0 saturated heterocycles. The number of carbonyl (C=O) groups excluding carboxylic acids is 1. The predicted molar refractivity (Wildman–Crippen MR) is 78.9 cm³/mol. The van der Waals surface area contributed by atoms with Crippen molar-refractivity contribution < 1.29 is 4.79 Å². The molecule has 4 heteroatoms. The summed E-state index contributed by atoms with van der Waals surface area (Å²) < 4.78 is 0. The summed E-state index contributed by atoms with van der Waals surface area (Å²) in [5.74, 6) is 0.0523. The Morgan fingerprint density at radius 3 is 2.58 bits per heavy atom. The molecule has 0 bridgehead atoms. The lowest BCUT2D eigenvalue weighted by molar-refractivity contribution is -0.120. The molecule has 19 heavy (non-hydrogen) atoms. The molecule has 0 unspecified atom stereocenters. The van der Waals surface area contributed by atoms with Crippen molar-refractivity contribution in [3.63, 3.8) is 0 Å². The Morgan fingerprint density at radius 1 is 1.16 bits per heavy atom. The molecule has 0 fully saturated rings. The lowest BCUT2D eigenvalue weighted by atomic mass is 10.2. The smallest absolute Gasteiger partial charge is 0.234 e. The third-order valence-corrected chi connectivity index (χ3v) is 2.83. The van der Waals surface area contributed by atoms with Crippen LogP contribution in [0.3, 0.4) is 0 Å². The van der Waals surface area contributed by atoms with Crippen LogP contribution in [0, 0.1) is 0 Å². The summed E-state index contributed by atoms with van der Waals surface area (Å²) >= 11 is 0. The molecule has 0 radical (unpaired) electrons. The van der Waals surface area contributed by atoms with Gasteiger partial charge in [0.05, 0.1) is 6.54 Å². The zero-order chi connectivity index (χ0) is 13.9. The number of hydrogen-bond donors (Lipinski definition) is 2. The van der Waals surface area contributed by atoms with E-state index in [1.54, 1.807) is 0 Å². The first kappa shape index (κ1) is 15.7. The maximum atomic E-state index is 11.6. The summed E-state index contributed by atoms with van der Waals surface area (Å²) in [4.78, 5) is 13.7. The predicted octanol–water partition coefficient (Wildman–Crippen LogP) is 1.23. The first-order chi connectivity index (χ1) is 9.18. The fourth-order valence-electron chi connectivity index (χ4n) is 1.74. The maximum Gasteiger partial charge on any atom is 0.234 e. The van der Waals surface area contributed by atoms with Gasteiger partial charge in [-0.3, -0.25) is 4.79 Å². The molecule has 0 saturated carbocycles. The standard InChI is InChI=1S/C15H25N3O/c1-18(2)11-7-6-10-16-13-15(19)17-12-14-8-4-3-5-9-14/h3-5,8-9,16H,6-7,10-13H2,1-2H3,(H,17,19). The number of rotatable bonds is 9. The largest absolute Gasteiger partial charge is 0.351 e. The van der Waals surface area contributed by atoms with E-state index in [1.165, 1.54) is 0 Å². The van der Waals surface area contributed by atoms with Crippen LogP contribution in [0.25, 0.3) is 0 Å². The molecule has 1 rings (SSSR count). The second kappa shape index (κ2) is 9.53. The highest BCUT2D eigenvalue weighted by Gasteiger charge is 2.00. The minimum atomic E-state index is 0.0523. The minimum absolute atomic E-state index is 0.0523. The van der Waals surface area contributed by atoms with Gasteiger partial charge < -0.3 is 15.5 Å². The Kier molecular flexibility index (Phi) is 7.86. The number of nitrogens with one attached hydrogen (secondary N) is 2. The third kappa shape index (κ3) is 8.35. The highest BCUT2D eigenvalue weighted by atomic mass is 16.1. The molecule has 1 aromatic rings. The number of benzene rings is 1. The van der Waals surface area contributed by atoms with Crippen molar-refractivity contribution in [3.8, 4) is 0 Å². The van der Waals surface area contributed by atoms with Crippen molar-refractivity contribution in [1.82, 2.24) is 15.5 Å². The van der Waals surface area contributed by atoms with Gasteiger partial charge in [-0.05, 0) is 45.6 Å². The van der Waals surface area contributed by atoms with Crippen LogP contribution in [0.5, 0.6) is 0 Å². The van der Waals surface area contributed by atoms with Gasteiger partial charge in [0.1, 0.15) is 0 Å². The van der Waals surface area contributed by atoms with Crippen LogP contribution in [0.4, 0.5) is 0 Å². The molecular weight excluding hydrogens is 238 g/mol. The average molecular weight is 263 g/mol. The number of unbranched alkanes of at least 4 members (excludes halogenated alkanes) is 1. The number of carbonyl (C=O) groups is 1. The third-order valence-electron chi connectivity index (χ3n) is 2.83. The Hall–Kier alpha value is -1.39.